The van der Waals surface area contributed by atoms with Crippen molar-refractivity contribution in [2.45, 2.75) is 11.5 Å². The van der Waals surface area contributed by atoms with Gasteiger partial charge in [0.25, 0.3) is 0 Å². The quantitative estimate of drug-likeness (QED) is 0.398. The number of nitriles is 1. The highest BCUT2D eigenvalue weighted by Crippen LogP contribution is 2.29. The lowest BCUT2D eigenvalue weighted by atomic mass is 10.2. The molecule has 0 atom stereocenters. The molecule has 0 aliphatic rings. The Balaban J connectivity index is 1.95. The third-order valence-corrected chi connectivity index (χ3v) is 6.46. The number of benzene rings is 3. The third-order valence-electron chi connectivity index (χ3n) is 4.02. The molecule has 3 rings (SSSR count). The highest BCUT2D eigenvalue weighted by atomic mass is 79.9. The first kappa shape index (κ1) is 21.1. The molecule has 0 aliphatic carbocycles. The van der Waals surface area contributed by atoms with E-state index in [2.05, 4.69) is 15.9 Å². The molecule has 0 N–H and O–H groups in total. The number of nitrogens with zero attached hydrogens (tertiary/aromatic N) is 1. The van der Waals surface area contributed by atoms with Crippen molar-refractivity contribution >= 4 is 43.4 Å². The van der Waals surface area contributed by atoms with Crippen LogP contribution in [0.15, 0.2) is 87.1 Å². The molecule has 0 amide bonds. The molecule has 0 saturated heterocycles. The van der Waals surface area contributed by atoms with Crippen LogP contribution in [-0.4, -0.2) is 8.42 Å². The number of rotatable bonds is 6. The van der Waals surface area contributed by atoms with E-state index in [4.69, 9.17) is 16.3 Å². The van der Waals surface area contributed by atoms with Crippen LogP contribution in [0, 0.1) is 11.3 Å². The fraction of sp³-hybridized carbons (Fsp3) is 0.0455. The second kappa shape index (κ2) is 9.27. The molecule has 0 fully saturated rings. The van der Waals surface area contributed by atoms with E-state index in [0.717, 1.165) is 10.0 Å². The maximum Gasteiger partial charge on any atom is 0.216 e. The van der Waals surface area contributed by atoms with E-state index >= 15 is 0 Å². The lowest BCUT2D eigenvalue weighted by Gasteiger charge is -2.11. The first-order valence-electron chi connectivity index (χ1n) is 8.49. The van der Waals surface area contributed by atoms with E-state index in [0.29, 0.717) is 16.3 Å². The molecule has 0 spiro atoms. The van der Waals surface area contributed by atoms with E-state index in [1.165, 1.54) is 18.2 Å². The number of hydrogen-bond acceptors (Lipinski definition) is 4. The molecule has 0 saturated carbocycles. The van der Waals surface area contributed by atoms with Crippen LogP contribution in [-0.2, 0) is 16.4 Å². The van der Waals surface area contributed by atoms with Crippen LogP contribution < -0.4 is 4.74 Å². The molecule has 0 bridgehead atoms. The normalized spacial score (nSPS) is 11.7. The minimum Gasteiger partial charge on any atom is -0.488 e. The molecule has 7 heteroatoms. The van der Waals surface area contributed by atoms with Gasteiger partial charge in [-0.15, -0.1) is 0 Å². The Morgan fingerprint density at radius 1 is 1.07 bits per heavy atom. The summed E-state index contributed by atoms with van der Waals surface area (Å²) >= 11 is 9.47. The zero-order valence-electron chi connectivity index (χ0n) is 15.0. The third kappa shape index (κ3) is 5.27. The van der Waals surface area contributed by atoms with Crippen LogP contribution in [0.4, 0.5) is 0 Å². The average molecular weight is 489 g/mol. The van der Waals surface area contributed by atoms with E-state index in [1.54, 1.807) is 42.5 Å². The van der Waals surface area contributed by atoms with Crippen LogP contribution in [0.2, 0.25) is 5.02 Å². The molecular formula is C22H15BrClNO3S. The van der Waals surface area contributed by atoms with Crippen molar-refractivity contribution in [3.05, 3.63) is 98.3 Å². The molecule has 3 aromatic carbocycles. The van der Waals surface area contributed by atoms with Crippen molar-refractivity contribution in [3.63, 3.8) is 0 Å². The monoisotopic (exact) mass is 487 g/mol. The molecule has 3 aromatic rings. The van der Waals surface area contributed by atoms with Crippen molar-refractivity contribution in [2.75, 3.05) is 0 Å². The topological polar surface area (TPSA) is 67.2 Å². The summed E-state index contributed by atoms with van der Waals surface area (Å²) in [6, 6.07) is 22.1. The Hall–Kier alpha value is -2.59. The summed E-state index contributed by atoms with van der Waals surface area (Å²) < 4.78 is 32.4. The minimum atomic E-state index is -3.95. The Morgan fingerprint density at radius 3 is 2.41 bits per heavy atom. The molecule has 0 aromatic heterocycles. The number of sulfone groups is 1. The SMILES string of the molecule is N#CC(=Cc1cc(Cl)ccc1OCc1ccc(Br)cc1)S(=O)(=O)c1ccccc1. The molecule has 0 unspecified atom stereocenters. The maximum atomic E-state index is 12.8. The van der Waals surface area contributed by atoms with Crippen molar-refractivity contribution in [1.29, 1.82) is 5.26 Å². The molecule has 0 radical (unpaired) electrons. The number of hydrogen-bond donors (Lipinski definition) is 0. The van der Waals surface area contributed by atoms with Gasteiger partial charge in [0.15, 0.2) is 0 Å². The first-order chi connectivity index (χ1) is 13.9. The van der Waals surface area contributed by atoms with Crippen LogP contribution >= 0.6 is 27.5 Å². The fourth-order valence-electron chi connectivity index (χ4n) is 2.54. The van der Waals surface area contributed by atoms with Crippen LogP contribution in [0.5, 0.6) is 5.75 Å². The molecule has 0 heterocycles. The van der Waals surface area contributed by atoms with Crippen LogP contribution in [0.1, 0.15) is 11.1 Å². The second-order valence-electron chi connectivity index (χ2n) is 6.03. The van der Waals surface area contributed by atoms with E-state index in [9.17, 15) is 13.7 Å². The van der Waals surface area contributed by atoms with Gasteiger partial charge >= 0.3 is 0 Å². The van der Waals surface area contributed by atoms with Gasteiger partial charge in [-0.1, -0.05) is 57.9 Å². The summed E-state index contributed by atoms with van der Waals surface area (Å²) in [7, 11) is -3.95. The second-order valence-corrected chi connectivity index (χ2v) is 9.30. The average Bonchev–Trinajstić information content (AvgIpc) is 2.73. The smallest absolute Gasteiger partial charge is 0.216 e. The van der Waals surface area contributed by atoms with Crippen molar-refractivity contribution in [1.82, 2.24) is 0 Å². The summed E-state index contributed by atoms with van der Waals surface area (Å²) in [6.45, 7) is 0.281. The zero-order chi connectivity index (χ0) is 20.9. The summed E-state index contributed by atoms with van der Waals surface area (Å²) in [5.74, 6) is 0.424. The Morgan fingerprint density at radius 2 is 1.76 bits per heavy atom. The predicted octanol–water partition coefficient (Wildman–Crippen LogP) is 6.02. The Labute approximate surface area is 183 Å². The summed E-state index contributed by atoms with van der Waals surface area (Å²) in [5, 5.41) is 9.91. The molecule has 146 valence electrons. The van der Waals surface area contributed by atoms with Crippen LogP contribution in [0.25, 0.3) is 6.08 Å². The lowest BCUT2D eigenvalue weighted by Crippen LogP contribution is -2.04. The van der Waals surface area contributed by atoms with Gasteiger partial charge in [0.05, 0.1) is 4.90 Å². The Kier molecular flexibility index (Phi) is 6.75. The number of halogens is 2. The predicted molar refractivity (Wildman–Crippen MR) is 117 cm³/mol. The van der Waals surface area contributed by atoms with E-state index in [-0.39, 0.29) is 16.4 Å². The van der Waals surface area contributed by atoms with E-state index < -0.39 is 9.84 Å². The van der Waals surface area contributed by atoms with E-state index in [1.807, 2.05) is 24.3 Å². The van der Waals surface area contributed by atoms with Crippen LogP contribution in [0.3, 0.4) is 0 Å². The fourth-order valence-corrected chi connectivity index (χ4v) is 4.16. The van der Waals surface area contributed by atoms with Gasteiger partial charge in [0.1, 0.15) is 23.3 Å². The van der Waals surface area contributed by atoms with Crippen molar-refractivity contribution in [2.24, 2.45) is 0 Å². The van der Waals surface area contributed by atoms with Gasteiger partial charge in [0.2, 0.25) is 9.84 Å². The summed E-state index contributed by atoms with van der Waals surface area (Å²) in [6.07, 6.45) is 1.28. The van der Waals surface area contributed by atoms with Gasteiger partial charge in [0, 0.05) is 15.1 Å². The molecule has 0 aliphatic heterocycles. The first-order valence-corrected chi connectivity index (χ1v) is 11.1. The van der Waals surface area contributed by atoms with Gasteiger partial charge < -0.3 is 4.74 Å². The Bertz CT molecular complexity index is 1180. The highest BCUT2D eigenvalue weighted by molar-refractivity contribution is 9.10. The van der Waals surface area contributed by atoms with Gasteiger partial charge in [-0.2, -0.15) is 5.26 Å². The maximum absolute atomic E-state index is 12.8. The molecular weight excluding hydrogens is 474 g/mol. The standard InChI is InChI=1S/C22H15BrClNO3S/c23-18-8-6-16(7-9-18)15-28-22-11-10-19(24)12-17(22)13-21(14-25)29(26,27)20-4-2-1-3-5-20/h1-13H,15H2. The van der Waals surface area contributed by atoms with Gasteiger partial charge in [-0.3, -0.25) is 0 Å². The minimum absolute atomic E-state index is 0.0483. The number of allylic oxidation sites excluding steroid dienone is 1. The van der Waals surface area contributed by atoms with Crippen molar-refractivity contribution in [3.8, 4) is 11.8 Å². The molecule has 4 nitrogen and oxygen atoms in total. The summed E-state index contributed by atoms with van der Waals surface area (Å²) in [4.78, 5) is -0.341. The largest absolute Gasteiger partial charge is 0.488 e. The summed E-state index contributed by atoms with van der Waals surface area (Å²) in [5.41, 5.74) is 1.35. The number of ether oxygens (including phenoxy) is 1. The van der Waals surface area contributed by atoms with Gasteiger partial charge in [-0.05, 0) is 54.1 Å². The lowest BCUT2D eigenvalue weighted by molar-refractivity contribution is 0.305. The van der Waals surface area contributed by atoms with Crippen molar-refractivity contribution < 1.29 is 13.2 Å². The highest BCUT2D eigenvalue weighted by Gasteiger charge is 2.21. The zero-order valence-corrected chi connectivity index (χ0v) is 18.2. The van der Waals surface area contributed by atoms with Gasteiger partial charge in [-0.25, -0.2) is 8.42 Å². The molecule has 29 heavy (non-hydrogen) atoms.